The third-order valence-electron chi connectivity index (χ3n) is 2.46. The molecule has 88 valence electrons. The van der Waals surface area contributed by atoms with Crippen molar-refractivity contribution >= 4 is 10.8 Å². The molecule has 0 radical (unpaired) electrons. The third-order valence-corrected chi connectivity index (χ3v) is 2.46. The van der Waals surface area contributed by atoms with Crippen molar-refractivity contribution in [2.24, 2.45) is 0 Å². The molecule has 0 N–H and O–H groups in total. The lowest BCUT2D eigenvalue weighted by Crippen LogP contribution is -1.96. The molecule has 0 heterocycles. The van der Waals surface area contributed by atoms with E-state index in [1.807, 2.05) is 36.4 Å². The Morgan fingerprint density at radius 3 is 1.61 bits per heavy atom. The lowest BCUT2D eigenvalue weighted by molar-refractivity contribution is 0.371. The number of fused-ring (bicyclic) bond motifs is 1. The second-order valence-corrected chi connectivity index (χ2v) is 3.59. The van der Waals surface area contributed by atoms with Crippen LogP contribution in [-0.2, 0) is 0 Å². The van der Waals surface area contributed by atoms with E-state index in [1.54, 1.807) is 0 Å². The van der Waals surface area contributed by atoms with Crippen LogP contribution >= 0.6 is 0 Å². The smallest absolute Gasteiger partial charge is 0.148 e. The lowest BCUT2D eigenvalue weighted by Gasteiger charge is -2.10. The van der Waals surface area contributed by atoms with Crippen molar-refractivity contribution in [3.8, 4) is 36.2 Å². The highest BCUT2D eigenvalue weighted by Crippen LogP contribution is 2.32. The molecule has 2 aromatic carbocycles. The van der Waals surface area contributed by atoms with Crippen LogP contribution in [0.1, 0.15) is 0 Å². The van der Waals surface area contributed by atoms with Gasteiger partial charge >= 0.3 is 0 Å². The van der Waals surface area contributed by atoms with Crippen molar-refractivity contribution in [2.45, 2.75) is 0 Å². The van der Waals surface area contributed by atoms with Crippen LogP contribution in [-0.4, -0.2) is 13.2 Å². The maximum Gasteiger partial charge on any atom is 0.148 e. The van der Waals surface area contributed by atoms with Gasteiger partial charge < -0.3 is 9.47 Å². The van der Waals surface area contributed by atoms with Crippen LogP contribution in [0, 0.1) is 24.7 Å². The molecule has 2 heteroatoms. The van der Waals surface area contributed by atoms with Crippen LogP contribution in [0.3, 0.4) is 0 Å². The minimum atomic E-state index is 0.245. The van der Waals surface area contributed by atoms with Crippen molar-refractivity contribution in [1.29, 1.82) is 0 Å². The molecule has 0 aliphatic heterocycles. The van der Waals surface area contributed by atoms with E-state index >= 15 is 0 Å². The molecule has 0 aliphatic carbocycles. The molecule has 0 bridgehead atoms. The van der Waals surface area contributed by atoms with Crippen molar-refractivity contribution in [3.05, 3.63) is 36.4 Å². The molecule has 2 aromatic rings. The molecule has 0 aromatic heterocycles. The zero-order valence-corrected chi connectivity index (χ0v) is 9.85. The lowest BCUT2D eigenvalue weighted by atomic mass is 10.1. The van der Waals surface area contributed by atoms with E-state index in [0.717, 1.165) is 22.3 Å². The number of benzene rings is 2. The summed E-state index contributed by atoms with van der Waals surface area (Å²) in [5.41, 5.74) is 0. The van der Waals surface area contributed by atoms with E-state index in [9.17, 15) is 0 Å². The van der Waals surface area contributed by atoms with E-state index < -0.39 is 0 Å². The quantitative estimate of drug-likeness (QED) is 0.760. The fourth-order valence-electron chi connectivity index (χ4n) is 1.74. The van der Waals surface area contributed by atoms with Crippen LogP contribution in [0.2, 0.25) is 0 Å². The zero-order chi connectivity index (χ0) is 12.8. The Hall–Kier alpha value is -2.58. The minimum absolute atomic E-state index is 0.245. The number of hydrogen-bond donors (Lipinski definition) is 0. The first-order chi connectivity index (χ1) is 8.86. The summed E-state index contributed by atoms with van der Waals surface area (Å²) in [7, 11) is 0. The molecule has 2 rings (SSSR count). The van der Waals surface area contributed by atoms with Crippen molar-refractivity contribution in [3.63, 3.8) is 0 Å². The topological polar surface area (TPSA) is 18.5 Å². The van der Waals surface area contributed by atoms with Gasteiger partial charge in [-0.15, -0.1) is 12.8 Å². The third kappa shape index (κ3) is 2.39. The maximum absolute atomic E-state index is 5.50. The van der Waals surface area contributed by atoms with Crippen LogP contribution in [0.15, 0.2) is 36.4 Å². The Balaban J connectivity index is 2.45. The summed E-state index contributed by atoms with van der Waals surface area (Å²) >= 11 is 0. The average Bonchev–Trinajstić information content (AvgIpc) is 2.42. The molecule has 0 fully saturated rings. The van der Waals surface area contributed by atoms with Crippen LogP contribution in [0.5, 0.6) is 11.5 Å². The highest BCUT2D eigenvalue weighted by Gasteiger charge is 2.05. The van der Waals surface area contributed by atoms with Gasteiger partial charge in [-0.2, -0.15) is 0 Å². The summed E-state index contributed by atoms with van der Waals surface area (Å²) in [6.45, 7) is 0.489. The summed E-state index contributed by atoms with van der Waals surface area (Å²) in [5.74, 6) is 6.39. The van der Waals surface area contributed by atoms with Gasteiger partial charge in [-0.3, -0.25) is 0 Å². The van der Waals surface area contributed by atoms with Gasteiger partial charge in [-0.25, -0.2) is 0 Å². The van der Waals surface area contributed by atoms with E-state index in [-0.39, 0.29) is 13.2 Å². The predicted octanol–water partition coefficient (Wildman–Crippen LogP) is 2.86. The molecule has 0 saturated heterocycles. The van der Waals surface area contributed by atoms with Crippen LogP contribution < -0.4 is 9.47 Å². The molecule has 18 heavy (non-hydrogen) atoms. The van der Waals surface area contributed by atoms with Crippen molar-refractivity contribution in [2.75, 3.05) is 13.2 Å². The molecule has 0 aliphatic rings. The monoisotopic (exact) mass is 236 g/mol. The minimum Gasteiger partial charge on any atom is -0.480 e. The second-order valence-electron chi connectivity index (χ2n) is 3.59. The maximum atomic E-state index is 5.50. The Labute approximate surface area is 107 Å². The molecular weight excluding hydrogens is 224 g/mol. The number of hydrogen-bond acceptors (Lipinski definition) is 2. The molecule has 2 nitrogen and oxygen atoms in total. The highest BCUT2D eigenvalue weighted by molar-refractivity contribution is 5.93. The molecule has 0 unspecified atom stereocenters. The largest absolute Gasteiger partial charge is 0.480 e. The predicted molar refractivity (Wildman–Crippen MR) is 72.6 cm³/mol. The van der Waals surface area contributed by atoms with Crippen molar-refractivity contribution < 1.29 is 9.47 Å². The molecule has 0 atom stereocenters. The normalized spacial score (nSPS) is 9.44. The fraction of sp³-hybridized carbons (Fsp3) is 0.125. The highest BCUT2D eigenvalue weighted by atomic mass is 16.5. The summed E-state index contributed by atoms with van der Waals surface area (Å²) in [5, 5.41) is 1.92. The van der Waals surface area contributed by atoms with Gasteiger partial charge in [0.2, 0.25) is 0 Å². The van der Waals surface area contributed by atoms with Gasteiger partial charge in [-0.05, 0) is 12.1 Å². The number of ether oxygens (including phenoxy) is 2. The van der Waals surface area contributed by atoms with E-state index in [4.69, 9.17) is 22.3 Å². The number of terminal acetylenes is 2. The Morgan fingerprint density at radius 1 is 0.778 bits per heavy atom. The van der Waals surface area contributed by atoms with Gasteiger partial charge in [0.15, 0.2) is 0 Å². The summed E-state index contributed by atoms with van der Waals surface area (Å²) in [6.07, 6.45) is 10.4. The fourth-order valence-corrected chi connectivity index (χ4v) is 1.74. The van der Waals surface area contributed by atoms with Gasteiger partial charge in [-0.1, -0.05) is 36.1 Å². The first-order valence-electron chi connectivity index (χ1n) is 5.51. The summed E-state index contributed by atoms with van der Waals surface area (Å²) in [6, 6.07) is 11.5. The van der Waals surface area contributed by atoms with Crippen molar-refractivity contribution in [1.82, 2.24) is 0 Å². The average molecular weight is 236 g/mol. The van der Waals surface area contributed by atoms with Gasteiger partial charge in [0.05, 0.1) is 0 Å². The van der Waals surface area contributed by atoms with Crippen LogP contribution in [0.25, 0.3) is 10.8 Å². The number of rotatable bonds is 4. The molecule has 0 saturated carbocycles. The van der Waals surface area contributed by atoms with Gasteiger partial charge in [0, 0.05) is 10.8 Å². The standard InChI is InChI=1S/C16H12O2/c1-3-11-17-15-9-5-8-14-13(15)7-6-10-16(14)18-12-4-2/h1-2,5-10H,11-12H2. The second kappa shape index (κ2) is 5.66. The van der Waals surface area contributed by atoms with Gasteiger partial charge in [0.1, 0.15) is 24.7 Å². The molecule has 0 spiro atoms. The van der Waals surface area contributed by atoms with Gasteiger partial charge in [0.25, 0.3) is 0 Å². The van der Waals surface area contributed by atoms with E-state index in [0.29, 0.717) is 0 Å². The Morgan fingerprint density at radius 2 is 1.22 bits per heavy atom. The zero-order valence-electron chi connectivity index (χ0n) is 9.85. The molecule has 0 amide bonds. The van der Waals surface area contributed by atoms with Crippen LogP contribution in [0.4, 0.5) is 0 Å². The SMILES string of the molecule is C#CCOc1cccc2c(OCC#C)cccc12. The van der Waals surface area contributed by atoms with E-state index in [1.165, 1.54) is 0 Å². The van der Waals surface area contributed by atoms with E-state index in [2.05, 4.69) is 11.8 Å². The first kappa shape index (κ1) is 11.9. The Kier molecular flexibility index (Phi) is 3.74. The first-order valence-corrected chi connectivity index (χ1v) is 5.51. The summed E-state index contributed by atoms with van der Waals surface area (Å²) in [4.78, 5) is 0. The molecular formula is C16H12O2. The Bertz CT molecular complexity index is 572. The summed E-state index contributed by atoms with van der Waals surface area (Å²) < 4.78 is 11.0.